The number of carbonyl (C=O) groups excluding carboxylic acids is 1. The summed E-state index contributed by atoms with van der Waals surface area (Å²) in [5.41, 5.74) is 2.19. The van der Waals surface area contributed by atoms with Crippen LogP contribution in [-0.4, -0.2) is 32.1 Å². The van der Waals surface area contributed by atoms with Crippen molar-refractivity contribution in [3.63, 3.8) is 0 Å². The normalized spacial score (nSPS) is 19.5. The van der Waals surface area contributed by atoms with Gasteiger partial charge in [0, 0.05) is 18.8 Å². The second kappa shape index (κ2) is 7.14. The lowest BCUT2D eigenvalue weighted by molar-refractivity contribution is -0.119. The van der Waals surface area contributed by atoms with Crippen molar-refractivity contribution < 1.29 is 4.79 Å². The lowest BCUT2D eigenvalue weighted by Gasteiger charge is -2.17. The first-order valence-corrected chi connectivity index (χ1v) is 7.04. The molecule has 4 heteroatoms. The van der Waals surface area contributed by atoms with Crippen molar-refractivity contribution in [2.75, 3.05) is 25.5 Å². The molecule has 0 aliphatic carbocycles. The van der Waals surface area contributed by atoms with E-state index in [1.54, 1.807) is 7.05 Å². The van der Waals surface area contributed by atoms with Gasteiger partial charge in [0.2, 0.25) is 5.91 Å². The van der Waals surface area contributed by atoms with E-state index in [4.69, 9.17) is 0 Å². The largest absolute Gasteiger partial charge is 0.382 e. The van der Waals surface area contributed by atoms with Gasteiger partial charge < -0.3 is 16.0 Å². The average Bonchev–Trinajstić information content (AvgIpc) is 2.69. The Morgan fingerprint density at radius 1 is 1.26 bits per heavy atom. The maximum atomic E-state index is 11.3. The van der Waals surface area contributed by atoms with Crippen LogP contribution in [0.1, 0.15) is 24.8 Å². The number of nitrogens with one attached hydrogen (secondary N) is 3. The molecule has 0 aromatic heterocycles. The van der Waals surface area contributed by atoms with Crippen LogP contribution in [0.5, 0.6) is 0 Å². The van der Waals surface area contributed by atoms with Gasteiger partial charge in [-0.25, -0.2) is 0 Å². The molecule has 1 fully saturated rings. The smallest absolute Gasteiger partial charge is 0.224 e. The average molecular weight is 261 g/mol. The highest BCUT2D eigenvalue weighted by Crippen LogP contribution is 2.15. The van der Waals surface area contributed by atoms with Crippen LogP contribution in [-0.2, 0) is 11.2 Å². The SMILES string of the molecule is CNC(=O)Cc1ccc(NC2CCCNCC2)cc1. The van der Waals surface area contributed by atoms with Gasteiger partial charge in [0.05, 0.1) is 6.42 Å². The summed E-state index contributed by atoms with van der Waals surface area (Å²) in [7, 11) is 1.67. The molecule has 1 amide bonds. The first-order chi connectivity index (χ1) is 9.28. The molecule has 1 heterocycles. The van der Waals surface area contributed by atoms with E-state index in [-0.39, 0.29) is 5.91 Å². The van der Waals surface area contributed by atoms with E-state index in [9.17, 15) is 4.79 Å². The molecule has 104 valence electrons. The molecule has 2 rings (SSSR count). The van der Waals surface area contributed by atoms with E-state index < -0.39 is 0 Å². The molecule has 0 radical (unpaired) electrons. The van der Waals surface area contributed by atoms with E-state index in [0.717, 1.165) is 24.3 Å². The predicted molar refractivity (Wildman–Crippen MR) is 78.3 cm³/mol. The Hall–Kier alpha value is -1.55. The quantitative estimate of drug-likeness (QED) is 0.770. The molecule has 1 atom stereocenters. The number of hydrogen-bond donors (Lipinski definition) is 3. The molecular weight excluding hydrogens is 238 g/mol. The molecule has 1 unspecified atom stereocenters. The summed E-state index contributed by atoms with van der Waals surface area (Å²) in [6.45, 7) is 2.22. The maximum absolute atomic E-state index is 11.3. The lowest BCUT2D eigenvalue weighted by Crippen LogP contribution is -2.21. The number of rotatable bonds is 4. The Bertz CT molecular complexity index is 394. The van der Waals surface area contributed by atoms with E-state index in [2.05, 4.69) is 28.1 Å². The van der Waals surface area contributed by atoms with Crippen molar-refractivity contribution >= 4 is 11.6 Å². The van der Waals surface area contributed by atoms with Crippen LogP contribution in [0.3, 0.4) is 0 Å². The highest BCUT2D eigenvalue weighted by molar-refractivity contribution is 5.78. The van der Waals surface area contributed by atoms with Gasteiger partial charge >= 0.3 is 0 Å². The van der Waals surface area contributed by atoms with Crippen LogP contribution in [0.25, 0.3) is 0 Å². The van der Waals surface area contributed by atoms with Crippen LogP contribution in [0.15, 0.2) is 24.3 Å². The summed E-state index contributed by atoms with van der Waals surface area (Å²) >= 11 is 0. The zero-order valence-corrected chi connectivity index (χ0v) is 11.5. The molecule has 0 bridgehead atoms. The molecule has 1 aromatic rings. The van der Waals surface area contributed by atoms with E-state index in [0.29, 0.717) is 12.5 Å². The van der Waals surface area contributed by atoms with Gasteiger partial charge in [0.25, 0.3) is 0 Å². The highest BCUT2D eigenvalue weighted by atomic mass is 16.1. The third-order valence-electron chi connectivity index (χ3n) is 3.54. The van der Waals surface area contributed by atoms with Crippen LogP contribution in [0.2, 0.25) is 0 Å². The zero-order valence-electron chi connectivity index (χ0n) is 11.5. The Labute approximate surface area is 115 Å². The molecule has 1 aliphatic heterocycles. The predicted octanol–water partition coefficient (Wildman–Crippen LogP) is 1.53. The lowest BCUT2D eigenvalue weighted by atomic mass is 10.1. The van der Waals surface area contributed by atoms with Crippen molar-refractivity contribution in [1.82, 2.24) is 10.6 Å². The topological polar surface area (TPSA) is 53.2 Å². The molecule has 1 saturated heterocycles. The molecule has 3 N–H and O–H groups in total. The van der Waals surface area contributed by atoms with E-state index >= 15 is 0 Å². The van der Waals surface area contributed by atoms with Gasteiger partial charge in [-0.2, -0.15) is 0 Å². The van der Waals surface area contributed by atoms with Gasteiger partial charge in [-0.3, -0.25) is 4.79 Å². The summed E-state index contributed by atoms with van der Waals surface area (Å²) < 4.78 is 0. The van der Waals surface area contributed by atoms with Crippen molar-refractivity contribution in [3.05, 3.63) is 29.8 Å². The van der Waals surface area contributed by atoms with Crippen molar-refractivity contribution in [2.45, 2.75) is 31.7 Å². The zero-order chi connectivity index (χ0) is 13.5. The monoisotopic (exact) mass is 261 g/mol. The minimum Gasteiger partial charge on any atom is -0.382 e. The number of hydrogen-bond acceptors (Lipinski definition) is 3. The number of amides is 1. The van der Waals surface area contributed by atoms with Crippen LogP contribution in [0.4, 0.5) is 5.69 Å². The van der Waals surface area contributed by atoms with Gasteiger partial charge in [-0.15, -0.1) is 0 Å². The summed E-state index contributed by atoms with van der Waals surface area (Å²) in [5, 5.41) is 9.63. The van der Waals surface area contributed by atoms with Gasteiger partial charge in [-0.1, -0.05) is 12.1 Å². The standard InChI is InChI=1S/C15H23N3O/c1-16-15(19)11-12-4-6-14(7-5-12)18-13-3-2-9-17-10-8-13/h4-7,13,17-18H,2-3,8-11H2,1H3,(H,16,19). The third kappa shape index (κ3) is 4.56. The van der Waals surface area contributed by atoms with Crippen LogP contribution >= 0.6 is 0 Å². The molecule has 1 aromatic carbocycles. The highest BCUT2D eigenvalue weighted by Gasteiger charge is 2.11. The summed E-state index contributed by atoms with van der Waals surface area (Å²) in [4.78, 5) is 11.3. The Morgan fingerprint density at radius 2 is 2.05 bits per heavy atom. The first kappa shape index (κ1) is 13.9. The minimum absolute atomic E-state index is 0.0514. The number of carbonyl (C=O) groups is 1. The molecule has 4 nitrogen and oxygen atoms in total. The van der Waals surface area contributed by atoms with E-state index in [1.807, 2.05) is 12.1 Å². The van der Waals surface area contributed by atoms with E-state index in [1.165, 1.54) is 19.3 Å². The van der Waals surface area contributed by atoms with Gasteiger partial charge in [-0.05, 0) is 50.0 Å². The number of anilines is 1. The molecule has 0 spiro atoms. The van der Waals surface area contributed by atoms with Crippen LogP contribution in [0, 0.1) is 0 Å². The summed E-state index contributed by atoms with van der Waals surface area (Å²) in [5.74, 6) is 0.0514. The van der Waals surface area contributed by atoms with Crippen molar-refractivity contribution in [2.24, 2.45) is 0 Å². The van der Waals surface area contributed by atoms with Crippen LogP contribution < -0.4 is 16.0 Å². The Kier molecular flexibility index (Phi) is 5.21. The minimum atomic E-state index is 0.0514. The van der Waals surface area contributed by atoms with Gasteiger partial charge in [0.1, 0.15) is 0 Å². The second-order valence-electron chi connectivity index (χ2n) is 5.07. The molecule has 19 heavy (non-hydrogen) atoms. The fraction of sp³-hybridized carbons (Fsp3) is 0.533. The second-order valence-corrected chi connectivity index (χ2v) is 5.07. The van der Waals surface area contributed by atoms with Gasteiger partial charge in [0.15, 0.2) is 0 Å². The number of likely N-dealkylation sites (N-methyl/N-ethyl adjacent to an activating group) is 1. The maximum Gasteiger partial charge on any atom is 0.224 e. The summed E-state index contributed by atoms with van der Waals surface area (Å²) in [6.07, 6.45) is 4.06. The number of benzene rings is 1. The fourth-order valence-electron chi connectivity index (χ4n) is 2.39. The third-order valence-corrected chi connectivity index (χ3v) is 3.54. The molecular formula is C15H23N3O. The molecule has 1 aliphatic rings. The van der Waals surface area contributed by atoms with Crippen molar-refractivity contribution in [1.29, 1.82) is 0 Å². The van der Waals surface area contributed by atoms with Crippen molar-refractivity contribution in [3.8, 4) is 0 Å². The first-order valence-electron chi connectivity index (χ1n) is 7.04. The Balaban J connectivity index is 1.88. The Morgan fingerprint density at radius 3 is 2.79 bits per heavy atom. The fourth-order valence-corrected chi connectivity index (χ4v) is 2.39. The molecule has 0 saturated carbocycles. The summed E-state index contributed by atoms with van der Waals surface area (Å²) in [6, 6.07) is 8.73.